The Kier molecular flexibility index (Phi) is 4.03. The van der Waals surface area contributed by atoms with Crippen molar-refractivity contribution in [3.05, 3.63) is 23.7 Å². The van der Waals surface area contributed by atoms with Crippen molar-refractivity contribution < 1.29 is 13.9 Å². The minimum atomic E-state index is -0.643. The molecule has 1 aromatic rings. The van der Waals surface area contributed by atoms with Gasteiger partial charge in [0.05, 0.1) is 0 Å². The Morgan fingerprint density at radius 1 is 1.56 bits per heavy atom. The number of nitrogens with zero attached hydrogens (tertiary/aromatic N) is 1. The van der Waals surface area contributed by atoms with Crippen molar-refractivity contribution >= 4 is 5.97 Å². The first-order valence-electron chi connectivity index (χ1n) is 6.44. The van der Waals surface area contributed by atoms with Gasteiger partial charge < -0.3 is 9.15 Å². The van der Waals surface area contributed by atoms with Gasteiger partial charge in [-0.1, -0.05) is 19.8 Å². The van der Waals surface area contributed by atoms with Gasteiger partial charge >= 0.3 is 5.97 Å². The van der Waals surface area contributed by atoms with Crippen molar-refractivity contribution in [1.29, 1.82) is 5.26 Å². The first-order valence-corrected chi connectivity index (χ1v) is 6.44. The number of esters is 1. The Morgan fingerprint density at radius 2 is 2.28 bits per heavy atom. The molecule has 4 nitrogen and oxygen atoms in total. The monoisotopic (exact) mass is 247 g/mol. The number of hydrogen-bond acceptors (Lipinski definition) is 4. The predicted octanol–water partition coefficient (Wildman–Crippen LogP) is 3.08. The first-order chi connectivity index (χ1) is 8.74. The summed E-state index contributed by atoms with van der Waals surface area (Å²) in [6.45, 7) is 1.95. The van der Waals surface area contributed by atoms with E-state index in [0.29, 0.717) is 0 Å². The third-order valence-electron chi connectivity index (χ3n) is 3.40. The Morgan fingerprint density at radius 3 is 2.83 bits per heavy atom. The minimum absolute atomic E-state index is 0.180. The van der Waals surface area contributed by atoms with Gasteiger partial charge in [-0.15, -0.1) is 0 Å². The molecule has 0 spiro atoms. The maximum Gasteiger partial charge on any atom is 0.375 e. The fourth-order valence-corrected chi connectivity index (χ4v) is 2.34. The summed E-state index contributed by atoms with van der Waals surface area (Å²) < 4.78 is 10.6. The van der Waals surface area contributed by atoms with Crippen molar-refractivity contribution in [2.24, 2.45) is 5.92 Å². The van der Waals surface area contributed by atoms with Crippen molar-refractivity contribution in [1.82, 2.24) is 0 Å². The summed E-state index contributed by atoms with van der Waals surface area (Å²) in [5, 5.41) is 9.08. The van der Waals surface area contributed by atoms with Crippen LogP contribution in [0, 0.1) is 17.2 Å². The van der Waals surface area contributed by atoms with Gasteiger partial charge in [0, 0.05) is 12.3 Å². The molecule has 0 aliphatic heterocycles. The second kappa shape index (κ2) is 5.72. The van der Waals surface area contributed by atoms with Crippen LogP contribution in [0.5, 0.6) is 0 Å². The second-order valence-corrected chi connectivity index (χ2v) is 4.62. The molecule has 1 atom stereocenters. The van der Waals surface area contributed by atoms with E-state index in [9.17, 15) is 4.79 Å². The van der Waals surface area contributed by atoms with Gasteiger partial charge in [0.25, 0.3) is 0 Å². The second-order valence-electron chi connectivity index (χ2n) is 4.62. The van der Waals surface area contributed by atoms with E-state index in [-0.39, 0.29) is 11.7 Å². The molecule has 0 unspecified atom stereocenters. The number of carbonyl (C=O) groups is 1. The fraction of sp³-hybridized carbons (Fsp3) is 0.571. The molecule has 96 valence electrons. The summed E-state index contributed by atoms with van der Waals surface area (Å²) in [5.41, 5.74) is 0. The van der Waals surface area contributed by atoms with E-state index in [1.165, 1.54) is 0 Å². The Balaban J connectivity index is 1.98. The number of ether oxygens (including phenoxy) is 1. The van der Waals surface area contributed by atoms with Gasteiger partial charge in [0.15, 0.2) is 6.10 Å². The number of carbonyl (C=O) groups excluding carboxylic acids is 1. The molecule has 2 rings (SSSR count). The van der Waals surface area contributed by atoms with E-state index in [1.807, 2.05) is 6.92 Å². The van der Waals surface area contributed by atoms with E-state index < -0.39 is 12.1 Å². The lowest BCUT2D eigenvalue weighted by molar-refractivity contribution is 0.0261. The van der Waals surface area contributed by atoms with E-state index in [2.05, 4.69) is 6.07 Å². The zero-order valence-corrected chi connectivity index (χ0v) is 10.5. The number of rotatable bonds is 4. The highest BCUT2D eigenvalue weighted by Gasteiger charge is 2.29. The molecule has 4 heteroatoms. The number of nitriles is 1. The molecule has 0 aromatic carbocycles. The number of aryl methyl sites for hydroxylation is 1. The van der Waals surface area contributed by atoms with Crippen LogP contribution in [0.1, 0.15) is 48.9 Å². The maximum atomic E-state index is 11.8. The predicted molar refractivity (Wildman–Crippen MR) is 64.9 cm³/mol. The van der Waals surface area contributed by atoms with Crippen LogP contribution in [-0.2, 0) is 11.2 Å². The van der Waals surface area contributed by atoms with Gasteiger partial charge in [-0.05, 0) is 25.0 Å². The summed E-state index contributed by atoms with van der Waals surface area (Å²) in [6.07, 6.45) is 4.24. The zero-order valence-electron chi connectivity index (χ0n) is 10.5. The van der Waals surface area contributed by atoms with Crippen LogP contribution in [0.25, 0.3) is 0 Å². The molecule has 1 aliphatic carbocycles. The van der Waals surface area contributed by atoms with Gasteiger partial charge in [0.1, 0.15) is 11.8 Å². The summed E-state index contributed by atoms with van der Waals surface area (Å²) >= 11 is 0. The molecular formula is C14H17NO3. The standard InChI is InChI=1S/C14H17NO3/c1-2-11-7-8-12(17-11)14(16)18-13(9-15)10-5-3-4-6-10/h7-8,10,13H,2-6H2,1H3/t13-/m1/s1. The lowest BCUT2D eigenvalue weighted by atomic mass is 10.0. The van der Waals surface area contributed by atoms with Gasteiger partial charge in [0.2, 0.25) is 5.76 Å². The zero-order chi connectivity index (χ0) is 13.0. The van der Waals surface area contributed by atoms with E-state index in [0.717, 1.165) is 37.9 Å². The summed E-state index contributed by atoms with van der Waals surface area (Å²) in [6, 6.07) is 5.44. The van der Waals surface area contributed by atoms with Crippen LogP contribution >= 0.6 is 0 Å². The third-order valence-corrected chi connectivity index (χ3v) is 3.40. The molecule has 0 radical (unpaired) electrons. The van der Waals surface area contributed by atoms with Crippen LogP contribution < -0.4 is 0 Å². The van der Waals surface area contributed by atoms with Crippen LogP contribution in [0.4, 0.5) is 0 Å². The van der Waals surface area contributed by atoms with E-state index in [1.54, 1.807) is 12.1 Å². The molecule has 0 bridgehead atoms. The van der Waals surface area contributed by atoms with Gasteiger partial charge in [-0.25, -0.2) is 4.79 Å². The van der Waals surface area contributed by atoms with Crippen LogP contribution in [-0.4, -0.2) is 12.1 Å². The molecule has 1 heterocycles. The number of furan rings is 1. The number of hydrogen-bond donors (Lipinski definition) is 0. The first kappa shape index (κ1) is 12.7. The lowest BCUT2D eigenvalue weighted by Crippen LogP contribution is -2.23. The fourth-order valence-electron chi connectivity index (χ4n) is 2.34. The quantitative estimate of drug-likeness (QED) is 0.767. The van der Waals surface area contributed by atoms with Crippen LogP contribution in [0.15, 0.2) is 16.5 Å². The highest BCUT2D eigenvalue weighted by molar-refractivity contribution is 5.86. The SMILES string of the molecule is CCc1ccc(C(=O)O[C@H](C#N)C2CCCC2)o1. The Bertz CT molecular complexity index is 452. The molecule has 0 saturated heterocycles. The molecule has 1 saturated carbocycles. The average Bonchev–Trinajstić information content (AvgIpc) is 3.05. The molecule has 18 heavy (non-hydrogen) atoms. The average molecular weight is 247 g/mol. The highest BCUT2D eigenvalue weighted by atomic mass is 16.6. The van der Waals surface area contributed by atoms with E-state index in [4.69, 9.17) is 14.4 Å². The van der Waals surface area contributed by atoms with Gasteiger partial charge in [-0.3, -0.25) is 0 Å². The Labute approximate surface area is 107 Å². The Hall–Kier alpha value is -1.76. The van der Waals surface area contributed by atoms with Crippen molar-refractivity contribution in [3.8, 4) is 6.07 Å². The summed E-state index contributed by atoms with van der Waals surface area (Å²) in [7, 11) is 0. The molecular weight excluding hydrogens is 230 g/mol. The molecule has 1 aliphatic rings. The topological polar surface area (TPSA) is 63.2 Å². The van der Waals surface area contributed by atoms with Gasteiger partial charge in [-0.2, -0.15) is 5.26 Å². The summed E-state index contributed by atoms with van der Waals surface area (Å²) in [4.78, 5) is 11.8. The minimum Gasteiger partial charge on any atom is -0.454 e. The largest absolute Gasteiger partial charge is 0.454 e. The van der Waals surface area contributed by atoms with Crippen LogP contribution in [0.2, 0.25) is 0 Å². The highest BCUT2D eigenvalue weighted by Crippen LogP contribution is 2.29. The molecule has 0 N–H and O–H groups in total. The lowest BCUT2D eigenvalue weighted by Gasteiger charge is -2.15. The van der Waals surface area contributed by atoms with E-state index >= 15 is 0 Å². The smallest absolute Gasteiger partial charge is 0.375 e. The van der Waals surface area contributed by atoms with Crippen molar-refractivity contribution in [2.75, 3.05) is 0 Å². The van der Waals surface area contributed by atoms with Crippen molar-refractivity contribution in [3.63, 3.8) is 0 Å². The molecule has 1 aromatic heterocycles. The summed E-state index contributed by atoms with van der Waals surface area (Å²) in [5.74, 6) is 0.578. The normalized spacial score (nSPS) is 17.3. The third kappa shape index (κ3) is 2.73. The molecule has 0 amide bonds. The molecule has 1 fully saturated rings. The van der Waals surface area contributed by atoms with Crippen molar-refractivity contribution in [2.45, 2.75) is 45.1 Å². The maximum absolute atomic E-state index is 11.8. The van der Waals surface area contributed by atoms with Crippen LogP contribution in [0.3, 0.4) is 0 Å².